The minimum Gasteiger partial charge on any atom is -0.494 e. The molecule has 0 aliphatic rings. The Hall–Kier alpha value is -0.500. The standard InChI is InChI=1S/C9H11BrO/c1-2-11-9-6-4-3-5-8(9)7-10/h3-6H,2,7H2,1H3. The normalized spacial score (nSPS) is 9.64. The van der Waals surface area contributed by atoms with Crippen molar-refractivity contribution in [2.75, 3.05) is 6.61 Å². The lowest BCUT2D eigenvalue weighted by atomic mass is 10.2. The van der Waals surface area contributed by atoms with Crippen LogP contribution in [0, 0.1) is 0 Å². The number of hydrogen-bond acceptors (Lipinski definition) is 1. The maximum Gasteiger partial charge on any atom is 0.123 e. The zero-order valence-corrected chi connectivity index (χ0v) is 8.10. The second-order valence-corrected chi connectivity index (χ2v) is 2.74. The van der Waals surface area contributed by atoms with Gasteiger partial charge in [0.2, 0.25) is 0 Å². The van der Waals surface area contributed by atoms with Crippen molar-refractivity contribution in [2.45, 2.75) is 12.3 Å². The van der Waals surface area contributed by atoms with Crippen molar-refractivity contribution in [1.82, 2.24) is 0 Å². The van der Waals surface area contributed by atoms with Crippen molar-refractivity contribution in [3.8, 4) is 5.75 Å². The molecule has 0 aliphatic carbocycles. The van der Waals surface area contributed by atoms with Gasteiger partial charge in [-0.25, -0.2) is 0 Å². The summed E-state index contributed by atoms with van der Waals surface area (Å²) in [6.45, 7) is 2.72. The van der Waals surface area contributed by atoms with Gasteiger partial charge < -0.3 is 4.74 Å². The lowest BCUT2D eigenvalue weighted by Crippen LogP contribution is -1.94. The third-order valence-electron chi connectivity index (χ3n) is 1.42. The predicted molar refractivity (Wildman–Crippen MR) is 50.2 cm³/mol. The first-order chi connectivity index (χ1) is 5.38. The second-order valence-electron chi connectivity index (χ2n) is 2.17. The minimum atomic E-state index is 0.726. The first-order valence-electron chi connectivity index (χ1n) is 3.65. The lowest BCUT2D eigenvalue weighted by Gasteiger charge is -2.06. The smallest absolute Gasteiger partial charge is 0.123 e. The molecule has 11 heavy (non-hydrogen) atoms. The highest BCUT2D eigenvalue weighted by molar-refractivity contribution is 9.08. The van der Waals surface area contributed by atoms with E-state index in [1.54, 1.807) is 0 Å². The Morgan fingerprint density at radius 2 is 2.09 bits per heavy atom. The van der Waals surface area contributed by atoms with Gasteiger partial charge in [0.25, 0.3) is 0 Å². The molecule has 60 valence electrons. The Kier molecular flexibility index (Phi) is 3.43. The molecule has 0 bridgehead atoms. The molecule has 0 atom stereocenters. The van der Waals surface area contributed by atoms with E-state index in [2.05, 4.69) is 22.0 Å². The highest BCUT2D eigenvalue weighted by Gasteiger charge is 1.98. The third kappa shape index (κ3) is 2.22. The maximum absolute atomic E-state index is 5.40. The van der Waals surface area contributed by atoms with Crippen molar-refractivity contribution in [2.24, 2.45) is 0 Å². The molecule has 1 nitrogen and oxygen atoms in total. The van der Waals surface area contributed by atoms with Gasteiger partial charge in [-0.3, -0.25) is 0 Å². The molecule has 0 saturated carbocycles. The van der Waals surface area contributed by atoms with Crippen LogP contribution >= 0.6 is 15.9 Å². The van der Waals surface area contributed by atoms with Crippen LogP contribution < -0.4 is 4.74 Å². The summed E-state index contributed by atoms with van der Waals surface area (Å²) in [7, 11) is 0. The highest BCUT2D eigenvalue weighted by atomic mass is 79.9. The summed E-state index contributed by atoms with van der Waals surface area (Å²) < 4.78 is 5.40. The van der Waals surface area contributed by atoms with Crippen LogP contribution in [0.1, 0.15) is 12.5 Å². The maximum atomic E-state index is 5.40. The number of halogens is 1. The molecule has 0 aliphatic heterocycles. The van der Waals surface area contributed by atoms with Gasteiger partial charge in [0.05, 0.1) is 6.61 Å². The van der Waals surface area contributed by atoms with E-state index < -0.39 is 0 Å². The van der Waals surface area contributed by atoms with Crippen LogP contribution in [0.15, 0.2) is 24.3 Å². The van der Waals surface area contributed by atoms with Gasteiger partial charge in [-0.2, -0.15) is 0 Å². The predicted octanol–water partition coefficient (Wildman–Crippen LogP) is 2.98. The zero-order valence-electron chi connectivity index (χ0n) is 6.51. The first kappa shape index (κ1) is 8.60. The van der Waals surface area contributed by atoms with Gasteiger partial charge in [0.15, 0.2) is 0 Å². The van der Waals surface area contributed by atoms with E-state index in [1.807, 2.05) is 25.1 Å². The number of rotatable bonds is 3. The fourth-order valence-electron chi connectivity index (χ4n) is 0.911. The van der Waals surface area contributed by atoms with E-state index >= 15 is 0 Å². The second kappa shape index (κ2) is 4.39. The van der Waals surface area contributed by atoms with Gasteiger partial charge in [-0.05, 0) is 13.0 Å². The van der Waals surface area contributed by atoms with E-state index in [0.29, 0.717) is 0 Å². The van der Waals surface area contributed by atoms with Crippen LogP contribution in [0.3, 0.4) is 0 Å². The van der Waals surface area contributed by atoms with E-state index in [0.717, 1.165) is 17.7 Å². The number of ether oxygens (including phenoxy) is 1. The third-order valence-corrected chi connectivity index (χ3v) is 2.02. The summed E-state index contributed by atoms with van der Waals surface area (Å²) in [5, 5.41) is 0.850. The van der Waals surface area contributed by atoms with E-state index in [-0.39, 0.29) is 0 Å². The average Bonchev–Trinajstić information content (AvgIpc) is 2.06. The van der Waals surface area contributed by atoms with Crippen molar-refractivity contribution in [1.29, 1.82) is 0 Å². The molecule has 0 N–H and O–H groups in total. The van der Waals surface area contributed by atoms with Crippen LogP contribution in [-0.4, -0.2) is 6.61 Å². The Morgan fingerprint density at radius 1 is 1.36 bits per heavy atom. The van der Waals surface area contributed by atoms with Gasteiger partial charge in [0.1, 0.15) is 5.75 Å². The van der Waals surface area contributed by atoms with Crippen molar-refractivity contribution < 1.29 is 4.74 Å². The van der Waals surface area contributed by atoms with Crippen LogP contribution in [0.5, 0.6) is 5.75 Å². The summed E-state index contributed by atoms with van der Waals surface area (Å²) >= 11 is 3.40. The van der Waals surface area contributed by atoms with E-state index in [4.69, 9.17) is 4.74 Å². The van der Waals surface area contributed by atoms with Crippen LogP contribution in [-0.2, 0) is 5.33 Å². The molecule has 2 heteroatoms. The van der Waals surface area contributed by atoms with Crippen LogP contribution in [0.2, 0.25) is 0 Å². The summed E-state index contributed by atoms with van der Waals surface area (Å²) in [6, 6.07) is 8.04. The van der Waals surface area contributed by atoms with Crippen LogP contribution in [0.25, 0.3) is 0 Å². The van der Waals surface area contributed by atoms with Crippen molar-refractivity contribution in [3.63, 3.8) is 0 Å². The Morgan fingerprint density at radius 3 is 2.73 bits per heavy atom. The molecule has 0 radical (unpaired) electrons. The number of alkyl halides is 1. The molecule has 1 aromatic rings. The quantitative estimate of drug-likeness (QED) is 0.704. The van der Waals surface area contributed by atoms with Crippen molar-refractivity contribution in [3.05, 3.63) is 29.8 Å². The summed E-state index contributed by atoms with van der Waals surface area (Å²) in [4.78, 5) is 0. The molecule has 1 rings (SSSR count). The first-order valence-corrected chi connectivity index (χ1v) is 4.77. The Balaban J connectivity index is 2.83. The minimum absolute atomic E-state index is 0.726. The fraction of sp³-hybridized carbons (Fsp3) is 0.333. The monoisotopic (exact) mass is 214 g/mol. The highest BCUT2D eigenvalue weighted by Crippen LogP contribution is 2.19. The number of para-hydroxylation sites is 1. The van der Waals surface area contributed by atoms with E-state index in [9.17, 15) is 0 Å². The summed E-state index contributed by atoms with van der Waals surface area (Å²) in [6.07, 6.45) is 0. The SMILES string of the molecule is CCOc1ccccc1CBr. The lowest BCUT2D eigenvalue weighted by molar-refractivity contribution is 0.337. The number of hydrogen-bond donors (Lipinski definition) is 0. The molecule has 1 aromatic carbocycles. The van der Waals surface area contributed by atoms with Crippen LogP contribution in [0.4, 0.5) is 0 Å². The summed E-state index contributed by atoms with van der Waals surface area (Å²) in [5.74, 6) is 0.979. The van der Waals surface area contributed by atoms with Gasteiger partial charge in [0, 0.05) is 10.9 Å². The largest absolute Gasteiger partial charge is 0.494 e. The molecular formula is C9H11BrO. The van der Waals surface area contributed by atoms with Gasteiger partial charge in [-0.1, -0.05) is 34.1 Å². The van der Waals surface area contributed by atoms with Gasteiger partial charge >= 0.3 is 0 Å². The summed E-state index contributed by atoms with van der Waals surface area (Å²) in [5.41, 5.74) is 1.20. The molecular weight excluding hydrogens is 204 g/mol. The molecule has 0 unspecified atom stereocenters. The number of benzene rings is 1. The Labute approximate surface area is 75.5 Å². The van der Waals surface area contributed by atoms with E-state index in [1.165, 1.54) is 5.56 Å². The molecule has 0 saturated heterocycles. The molecule has 0 heterocycles. The molecule has 0 amide bonds. The zero-order chi connectivity index (χ0) is 8.10. The fourth-order valence-corrected chi connectivity index (χ4v) is 1.37. The Bertz CT molecular complexity index is 223. The average molecular weight is 215 g/mol. The van der Waals surface area contributed by atoms with Crippen molar-refractivity contribution >= 4 is 15.9 Å². The topological polar surface area (TPSA) is 9.23 Å². The molecule has 0 aromatic heterocycles. The van der Waals surface area contributed by atoms with Gasteiger partial charge in [-0.15, -0.1) is 0 Å². The molecule has 0 spiro atoms. The molecule has 0 fully saturated rings.